The number of hydrogen-bond acceptors (Lipinski definition) is 3. The number of rotatable bonds is 5. The summed E-state index contributed by atoms with van der Waals surface area (Å²) in [7, 11) is 1.28. The molecule has 0 aliphatic rings. The molecule has 0 saturated carbocycles. The summed E-state index contributed by atoms with van der Waals surface area (Å²) >= 11 is 0. The molecule has 2 aromatic rings. The van der Waals surface area contributed by atoms with Crippen LogP contribution >= 0.6 is 12.4 Å². The van der Waals surface area contributed by atoms with E-state index in [9.17, 15) is 13.2 Å². The second-order valence-electron chi connectivity index (χ2n) is 4.49. The fourth-order valence-corrected chi connectivity index (χ4v) is 1.98. The van der Waals surface area contributed by atoms with Crippen molar-refractivity contribution >= 4 is 18.1 Å². The summed E-state index contributed by atoms with van der Waals surface area (Å²) in [5.41, 5.74) is 0.0737. The molecule has 0 aliphatic heterocycles. The minimum atomic E-state index is -4.41. The zero-order valence-electron chi connectivity index (χ0n) is 11.7. The Kier molecular flexibility index (Phi) is 5.65. The second-order valence-corrected chi connectivity index (χ2v) is 4.49. The van der Waals surface area contributed by atoms with Gasteiger partial charge in [0.1, 0.15) is 5.69 Å². The lowest BCUT2D eigenvalue weighted by Crippen LogP contribution is -2.15. The molecule has 0 atom stereocenters. The van der Waals surface area contributed by atoms with Gasteiger partial charge in [-0.2, -0.15) is 23.4 Å². The molecule has 0 amide bonds. The molecule has 0 unspecified atom stereocenters. The fourth-order valence-electron chi connectivity index (χ4n) is 1.98. The van der Waals surface area contributed by atoms with Crippen LogP contribution in [0.2, 0.25) is 0 Å². The maximum atomic E-state index is 12.9. The zero-order chi connectivity index (χ0) is 14.8. The summed E-state index contributed by atoms with van der Waals surface area (Å²) in [6, 6.07) is 0. The van der Waals surface area contributed by atoms with Crippen molar-refractivity contribution < 1.29 is 13.2 Å². The maximum absolute atomic E-state index is 12.9. The van der Waals surface area contributed by atoms with Crippen LogP contribution in [-0.2, 0) is 26.3 Å². The van der Waals surface area contributed by atoms with Gasteiger partial charge in [-0.15, -0.1) is 12.4 Å². The highest BCUT2D eigenvalue weighted by molar-refractivity contribution is 5.85. The molecule has 0 radical (unpaired) electrons. The highest BCUT2D eigenvalue weighted by Crippen LogP contribution is 2.31. The standard InChI is InChI=1S/C12H16F3N5.ClH/c1-3-4-20-8-10(7-18-20)16-5-9-6-17-19(2)11(9)12(13,14)15;/h6-8,16H,3-5H2,1-2H3;1H. The van der Waals surface area contributed by atoms with E-state index in [4.69, 9.17) is 0 Å². The van der Waals surface area contributed by atoms with Crippen LogP contribution in [0.3, 0.4) is 0 Å². The van der Waals surface area contributed by atoms with Crippen LogP contribution in [0.5, 0.6) is 0 Å². The Morgan fingerprint density at radius 1 is 1.24 bits per heavy atom. The summed E-state index contributed by atoms with van der Waals surface area (Å²) in [5, 5.41) is 10.7. The largest absolute Gasteiger partial charge is 0.433 e. The van der Waals surface area contributed by atoms with E-state index in [0.29, 0.717) is 5.69 Å². The van der Waals surface area contributed by atoms with E-state index in [2.05, 4.69) is 15.5 Å². The number of aromatic nitrogens is 4. The van der Waals surface area contributed by atoms with Crippen LogP contribution in [0.15, 0.2) is 18.6 Å². The Morgan fingerprint density at radius 2 is 1.95 bits per heavy atom. The van der Waals surface area contributed by atoms with Crippen molar-refractivity contribution in [3.05, 3.63) is 29.8 Å². The minimum absolute atomic E-state index is 0. The predicted molar refractivity (Wildman–Crippen MR) is 75.3 cm³/mol. The lowest BCUT2D eigenvalue weighted by molar-refractivity contribution is -0.144. The molecule has 2 rings (SSSR count). The molecule has 9 heteroatoms. The molecule has 118 valence electrons. The van der Waals surface area contributed by atoms with Gasteiger partial charge < -0.3 is 5.32 Å². The number of alkyl halides is 3. The topological polar surface area (TPSA) is 47.7 Å². The average Bonchev–Trinajstić information content (AvgIpc) is 2.93. The minimum Gasteiger partial charge on any atom is -0.378 e. The van der Waals surface area contributed by atoms with Gasteiger partial charge in [-0.3, -0.25) is 9.36 Å². The first-order valence-electron chi connectivity index (χ1n) is 6.26. The molecule has 0 spiro atoms. The fraction of sp³-hybridized carbons (Fsp3) is 0.500. The quantitative estimate of drug-likeness (QED) is 0.920. The van der Waals surface area contributed by atoms with Crippen LogP contribution < -0.4 is 5.32 Å². The Labute approximate surface area is 126 Å². The monoisotopic (exact) mass is 323 g/mol. The van der Waals surface area contributed by atoms with E-state index < -0.39 is 11.9 Å². The first-order valence-corrected chi connectivity index (χ1v) is 6.26. The molecule has 1 N–H and O–H groups in total. The highest BCUT2D eigenvalue weighted by atomic mass is 35.5. The predicted octanol–water partition coefficient (Wildman–Crippen LogP) is 3.08. The highest BCUT2D eigenvalue weighted by Gasteiger charge is 2.37. The van der Waals surface area contributed by atoms with Gasteiger partial charge in [0.05, 0.1) is 18.1 Å². The second kappa shape index (κ2) is 6.84. The van der Waals surface area contributed by atoms with Crippen molar-refractivity contribution in [3.8, 4) is 0 Å². The van der Waals surface area contributed by atoms with Crippen LogP contribution in [0.25, 0.3) is 0 Å². The van der Waals surface area contributed by atoms with Gasteiger partial charge in [0.2, 0.25) is 0 Å². The summed E-state index contributed by atoms with van der Waals surface area (Å²) in [4.78, 5) is 0. The third kappa shape index (κ3) is 4.13. The van der Waals surface area contributed by atoms with E-state index in [0.717, 1.165) is 17.6 Å². The lowest BCUT2D eigenvalue weighted by atomic mass is 10.2. The molecular weight excluding hydrogens is 307 g/mol. The Bertz CT molecular complexity index is 576. The van der Waals surface area contributed by atoms with Gasteiger partial charge in [-0.1, -0.05) is 6.92 Å². The van der Waals surface area contributed by atoms with Gasteiger partial charge in [-0.05, 0) is 6.42 Å². The Balaban J connectivity index is 0.00000220. The van der Waals surface area contributed by atoms with Crippen molar-refractivity contribution in [2.75, 3.05) is 5.32 Å². The van der Waals surface area contributed by atoms with Gasteiger partial charge in [0, 0.05) is 31.9 Å². The first kappa shape index (κ1) is 17.4. The molecule has 2 heterocycles. The van der Waals surface area contributed by atoms with Crippen LogP contribution in [0, 0.1) is 0 Å². The molecule has 2 aromatic heterocycles. The third-order valence-corrected chi connectivity index (χ3v) is 2.85. The van der Waals surface area contributed by atoms with E-state index >= 15 is 0 Å². The Morgan fingerprint density at radius 3 is 2.57 bits per heavy atom. The SMILES string of the molecule is CCCn1cc(NCc2cnn(C)c2C(F)(F)F)cn1.Cl. The number of nitrogens with zero attached hydrogens (tertiary/aromatic N) is 4. The van der Waals surface area contributed by atoms with Gasteiger partial charge in [-0.25, -0.2) is 0 Å². The lowest BCUT2D eigenvalue weighted by Gasteiger charge is -2.10. The molecule has 0 aliphatic carbocycles. The molecule has 0 saturated heterocycles. The van der Waals surface area contributed by atoms with Crippen LogP contribution in [-0.4, -0.2) is 19.6 Å². The summed E-state index contributed by atoms with van der Waals surface area (Å²) in [5.74, 6) is 0. The van der Waals surface area contributed by atoms with E-state index in [-0.39, 0.29) is 24.5 Å². The summed E-state index contributed by atoms with van der Waals surface area (Å²) < 4.78 is 41.2. The van der Waals surface area contributed by atoms with Gasteiger partial charge >= 0.3 is 6.18 Å². The molecule has 0 aromatic carbocycles. The number of halogens is 4. The van der Waals surface area contributed by atoms with E-state index in [1.165, 1.54) is 13.2 Å². The number of aryl methyl sites for hydroxylation is 2. The Hall–Kier alpha value is -1.70. The van der Waals surface area contributed by atoms with Crippen LogP contribution in [0.4, 0.5) is 18.9 Å². The van der Waals surface area contributed by atoms with Gasteiger partial charge in [0.15, 0.2) is 0 Å². The van der Waals surface area contributed by atoms with Gasteiger partial charge in [0.25, 0.3) is 0 Å². The summed E-state index contributed by atoms with van der Waals surface area (Å²) in [6.45, 7) is 2.86. The smallest absolute Gasteiger partial charge is 0.378 e. The normalized spacial score (nSPS) is 11.3. The van der Waals surface area contributed by atoms with E-state index in [1.807, 2.05) is 6.92 Å². The molecule has 21 heavy (non-hydrogen) atoms. The first-order chi connectivity index (χ1) is 9.41. The molecule has 0 fully saturated rings. The van der Waals surface area contributed by atoms with Crippen molar-refractivity contribution in [1.82, 2.24) is 19.6 Å². The molecule has 0 bridgehead atoms. The maximum Gasteiger partial charge on any atom is 0.433 e. The van der Waals surface area contributed by atoms with Crippen molar-refractivity contribution in [3.63, 3.8) is 0 Å². The number of anilines is 1. The molecule has 5 nitrogen and oxygen atoms in total. The van der Waals surface area contributed by atoms with Crippen molar-refractivity contribution in [2.24, 2.45) is 7.05 Å². The summed E-state index contributed by atoms with van der Waals surface area (Å²) in [6.07, 6.45) is 1.13. The third-order valence-electron chi connectivity index (χ3n) is 2.85. The number of hydrogen-bond donors (Lipinski definition) is 1. The number of nitrogens with one attached hydrogen (secondary N) is 1. The molecular formula is C12H17ClF3N5. The average molecular weight is 324 g/mol. The van der Waals surface area contributed by atoms with Crippen LogP contribution in [0.1, 0.15) is 24.6 Å². The van der Waals surface area contributed by atoms with Crippen molar-refractivity contribution in [1.29, 1.82) is 0 Å². The zero-order valence-corrected chi connectivity index (χ0v) is 12.5. The van der Waals surface area contributed by atoms with Crippen molar-refractivity contribution in [2.45, 2.75) is 32.6 Å². The van der Waals surface area contributed by atoms with E-state index in [1.54, 1.807) is 17.1 Å².